The van der Waals surface area contributed by atoms with Crippen LogP contribution in [0.3, 0.4) is 0 Å². The number of thiocarbonyl (C=S) groups is 1. The Morgan fingerprint density at radius 2 is 1.90 bits per heavy atom. The smallest absolute Gasteiger partial charge is 0.325 e. The highest BCUT2D eigenvalue weighted by Gasteiger charge is 2.40. The largest absolute Gasteiger partial charge is 0.494 e. The highest BCUT2D eigenvalue weighted by atomic mass is 79.9. The van der Waals surface area contributed by atoms with Crippen LogP contribution >= 0.6 is 39.7 Å². The first-order valence-electron chi connectivity index (χ1n) is 12.6. The summed E-state index contributed by atoms with van der Waals surface area (Å²) in [5.74, 6) is -0.720. The monoisotopic (exact) mass is 655 g/mol. The molecule has 7 nitrogen and oxygen atoms in total. The summed E-state index contributed by atoms with van der Waals surface area (Å²) in [7, 11) is 1.27. The average Bonchev–Trinajstić information content (AvgIpc) is 3.40. The van der Waals surface area contributed by atoms with E-state index in [4.69, 9.17) is 33.3 Å². The number of anilines is 1. The maximum absolute atomic E-state index is 14.7. The van der Waals surface area contributed by atoms with Gasteiger partial charge in [-0.1, -0.05) is 33.6 Å². The number of hydrogen-bond donors (Lipinski definition) is 0. The summed E-state index contributed by atoms with van der Waals surface area (Å²) in [5.41, 5.74) is 2.54. The fourth-order valence-corrected chi connectivity index (χ4v) is 5.59. The summed E-state index contributed by atoms with van der Waals surface area (Å²) >= 11 is 15.5. The zero-order valence-corrected chi connectivity index (χ0v) is 25.2. The van der Waals surface area contributed by atoms with Crippen LogP contribution < -0.4 is 9.64 Å². The summed E-state index contributed by atoms with van der Waals surface area (Å²) in [6, 6.07) is 17.2. The molecule has 0 aliphatic carbocycles. The van der Waals surface area contributed by atoms with Crippen LogP contribution in [0.25, 0.3) is 17.0 Å². The molecule has 210 valence electrons. The van der Waals surface area contributed by atoms with E-state index in [2.05, 4.69) is 15.9 Å². The Labute approximate surface area is 254 Å². The van der Waals surface area contributed by atoms with Gasteiger partial charge in [0.05, 0.1) is 25.9 Å². The molecular weight excluding hydrogens is 633 g/mol. The Balaban J connectivity index is 1.61. The Kier molecular flexibility index (Phi) is 8.44. The molecule has 5 rings (SSSR count). The number of hydrogen-bond acceptors (Lipinski definition) is 5. The number of ether oxygens (including phenoxy) is 2. The van der Waals surface area contributed by atoms with Crippen LogP contribution in [-0.4, -0.2) is 46.7 Å². The molecule has 11 heteroatoms. The molecule has 4 aromatic rings. The third-order valence-corrected chi connectivity index (χ3v) is 7.86. The molecule has 1 aliphatic rings. The topological polar surface area (TPSA) is 64.0 Å². The number of methoxy groups -OCH3 is 1. The minimum absolute atomic E-state index is 0.138. The van der Waals surface area contributed by atoms with Crippen molar-refractivity contribution in [1.82, 2.24) is 9.47 Å². The highest BCUT2D eigenvalue weighted by Crippen LogP contribution is 2.34. The van der Waals surface area contributed by atoms with Gasteiger partial charge in [0.15, 0.2) is 5.11 Å². The van der Waals surface area contributed by atoms with E-state index < -0.39 is 17.7 Å². The van der Waals surface area contributed by atoms with Gasteiger partial charge in [-0.3, -0.25) is 14.5 Å². The lowest BCUT2D eigenvalue weighted by Crippen LogP contribution is -2.35. The number of carbonyl (C=O) groups excluding carboxylic acids is 2. The van der Waals surface area contributed by atoms with Gasteiger partial charge >= 0.3 is 5.97 Å². The molecular formula is C30H24BrClFN3O4S. The molecule has 1 aromatic heterocycles. The van der Waals surface area contributed by atoms with Gasteiger partial charge in [0.1, 0.15) is 23.8 Å². The Hall–Kier alpha value is -3.73. The second kappa shape index (κ2) is 12.0. The van der Waals surface area contributed by atoms with Crippen LogP contribution in [-0.2, 0) is 20.9 Å². The second-order valence-electron chi connectivity index (χ2n) is 9.12. The molecule has 1 amide bonds. The summed E-state index contributed by atoms with van der Waals surface area (Å²) in [4.78, 5) is 29.0. The van der Waals surface area contributed by atoms with Crippen molar-refractivity contribution in [2.75, 3.05) is 25.2 Å². The third-order valence-electron chi connectivity index (χ3n) is 6.61. The van der Waals surface area contributed by atoms with Crippen molar-refractivity contribution in [2.24, 2.45) is 0 Å². The van der Waals surface area contributed by atoms with Crippen molar-refractivity contribution in [1.29, 1.82) is 0 Å². The number of esters is 1. The van der Waals surface area contributed by atoms with Gasteiger partial charge in [0.2, 0.25) is 0 Å². The van der Waals surface area contributed by atoms with E-state index in [1.165, 1.54) is 23.0 Å². The maximum Gasteiger partial charge on any atom is 0.325 e. The number of amides is 1. The molecule has 0 bridgehead atoms. The van der Waals surface area contributed by atoms with Crippen molar-refractivity contribution in [3.8, 4) is 5.75 Å². The fourth-order valence-electron chi connectivity index (χ4n) is 4.66. The Bertz CT molecular complexity index is 1690. The SMILES string of the molecule is CCOc1ccc(N2C(=O)/C(=C/c3cn(Cc4c(F)cccc4Cl)c4ccc(Br)cc34)N(CC(=O)OC)C2=S)cc1. The molecule has 2 heterocycles. The zero-order chi connectivity index (χ0) is 29.3. The number of rotatable bonds is 8. The predicted octanol–water partition coefficient (Wildman–Crippen LogP) is 6.79. The highest BCUT2D eigenvalue weighted by molar-refractivity contribution is 9.10. The molecule has 0 unspecified atom stereocenters. The summed E-state index contributed by atoms with van der Waals surface area (Å²) in [6.07, 6.45) is 3.50. The van der Waals surface area contributed by atoms with E-state index in [-0.39, 0.29) is 23.9 Å². The average molecular weight is 657 g/mol. The van der Waals surface area contributed by atoms with E-state index in [9.17, 15) is 14.0 Å². The number of carbonyl (C=O) groups is 2. The van der Waals surface area contributed by atoms with Crippen molar-refractivity contribution in [3.63, 3.8) is 0 Å². The van der Waals surface area contributed by atoms with Crippen molar-refractivity contribution < 1.29 is 23.5 Å². The van der Waals surface area contributed by atoms with E-state index in [0.29, 0.717) is 34.2 Å². The van der Waals surface area contributed by atoms with Crippen LogP contribution in [0.1, 0.15) is 18.1 Å². The number of benzene rings is 3. The molecule has 0 N–H and O–H groups in total. The van der Waals surface area contributed by atoms with Crippen molar-refractivity contribution in [2.45, 2.75) is 13.5 Å². The molecule has 41 heavy (non-hydrogen) atoms. The van der Waals surface area contributed by atoms with Gasteiger partial charge < -0.3 is 18.9 Å². The van der Waals surface area contributed by atoms with Gasteiger partial charge in [-0.15, -0.1) is 0 Å². The van der Waals surface area contributed by atoms with Gasteiger partial charge in [-0.05, 0) is 79.8 Å². The van der Waals surface area contributed by atoms with Crippen LogP contribution in [0.5, 0.6) is 5.75 Å². The van der Waals surface area contributed by atoms with Crippen LogP contribution in [0, 0.1) is 5.82 Å². The molecule has 0 saturated carbocycles. The van der Waals surface area contributed by atoms with Gasteiger partial charge in [0.25, 0.3) is 5.91 Å². The Morgan fingerprint density at radius 3 is 2.59 bits per heavy atom. The van der Waals surface area contributed by atoms with Crippen molar-refractivity contribution >= 4 is 79.4 Å². The van der Waals surface area contributed by atoms with Crippen LogP contribution in [0.4, 0.5) is 10.1 Å². The predicted molar refractivity (Wildman–Crippen MR) is 165 cm³/mol. The van der Waals surface area contributed by atoms with Gasteiger partial charge in [0, 0.05) is 37.7 Å². The van der Waals surface area contributed by atoms with E-state index in [1.807, 2.05) is 35.9 Å². The minimum Gasteiger partial charge on any atom is -0.494 e. The van der Waals surface area contributed by atoms with Crippen LogP contribution in [0.15, 0.2) is 77.0 Å². The lowest BCUT2D eigenvalue weighted by molar-refractivity contribution is -0.140. The van der Waals surface area contributed by atoms with E-state index >= 15 is 0 Å². The second-order valence-corrected chi connectivity index (χ2v) is 10.8. The molecule has 1 aliphatic heterocycles. The van der Waals surface area contributed by atoms with E-state index in [0.717, 1.165) is 15.4 Å². The third kappa shape index (κ3) is 5.72. The number of nitrogens with zero attached hydrogens (tertiary/aromatic N) is 3. The molecule has 0 radical (unpaired) electrons. The minimum atomic E-state index is -0.557. The normalized spacial score (nSPS) is 14.4. The Morgan fingerprint density at radius 1 is 1.15 bits per heavy atom. The summed E-state index contributed by atoms with van der Waals surface area (Å²) < 4.78 is 27.8. The molecule has 3 aromatic carbocycles. The lowest BCUT2D eigenvalue weighted by Gasteiger charge is -2.19. The molecule has 0 atom stereocenters. The van der Waals surface area contributed by atoms with Crippen LogP contribution in [0.2, 0.25) is 5.02 Å². The van der Waals surface area contributed by atoms with Gasteiger partial charge in [-0.25, -0.2) is 4.39 Å². The first-order chi connectivity index (χ1) is 19.7. The standard InChI is InChI=1S/C30H24BrClFN3O4S/c1-3-40-21-10-8-20(9-11-21)36-29(38)27(35(30(36)41)17-28(37)39-2)13-18-15-34(26-12-7-19(31)14-22(18)26)16-23-24(32)5-4-6-25(23)33/h4-15H,3,16-17H2,1-2H3/b27-13-. The number of aromatic nitrogens is 1. The molecule has 1 saturated heterocycles. The van der Waals surface area contributed by atoms with Crippen molar-refractivity contribution in [3.05, 3.63) is 99.0 Å². The molecule has 0 spiro atoms. The lowest BCUT2D eigenvalue weighted by atomic mass is 10.1. The summed E-state index contributed by atoms with van der Waals surface area (Å²) in [5, 5.41) is 1.25. The maximum atomic E-state index is 14.7. The van der Waals surface area contributed by atoms with E-state index in [1.54, 1.807) is 42.5 Å². The fraction of sp³-hybridized carbons (Fsp3) is 0.167. The molecule has 1 fully saturated rings. The number of halogens is 3. The quantitative estimate of drug-likeness (QED) is 0.118. The first-order valence-corrected chi connectivity index (χ1v) is 14.2. The van der Waals surface area contributed by atoms with Gasteiger partial charge in [-0.2, -0.15) is 0 Å². The zero-order valence-electron chi connectivity index (χ0n) is 22.1. The first kappa shape index (κ1) is 28.8. The summed E-state index contributed by atoms with van der Waals surface area (Å²) in [6.45, 7) is 2.30. The number of fused-ring (bicyclic) bond motifs is 1.